The molecule has 1 saturated carbocycles. The van der Waals surface area contributed by atoms with E-state index in [4.69, 9.17) is 4.74 Å². The van der Waals surface area contributed by atoms with E-state index in [2.05, 4.69) is 30.9 Å². The zero-order valence-corrected chi connectivity index (χ0v) is 20.1. The monoisotopic (exact) mass is 614 g/mol. The van der Waals surface area contributed by atoms with Gasteiger partial charge in [0, 0.05) is 0 Å². The smallest absolute Gasteiger partial charge is 0.496 e. The third-order valence-electron chi connectivity index (χ3n) is 3.81. The molecule has 1 aromatic rings. The van der Waals surface area contributed by atoms with Crippen molar-refractivity contribution >= 4 is 29.7 Å². The van der Waals surface area contributed by atoms with E-state index < -0.39 is 21.8 Å². The van der Waals surface area contributed by atoms with Gasteiger partial charge in [0.2, 0.25) is 0 Å². The van der Waals surface area contributed by atoms with Crippen molar-refractivity contribution in [3.8, 4) is 5.75 Å². The van der Waals surface area contributed by atoms with Crippen LogP contribution in [-0.4, -0.2) is 41.2 Å². The first-order valence-corrected chi connectivity index (χ1v) is 11.3. The van der Waals surface area contributed by atoms with Gasteiger partial charge in [-0.3, -0.25) is 0 Å². The van der Waals surface area contributed by atoms with Gasteiger partial charge in [0.05, 0.1) is 7.11 Å². The quantitative estimate of drug-likeness (QED) is 0.188. The maximum absolute atomic E-state index is 9.75. The van der Waals surface area contributed by atoms with E-state index >= 15 is 0 Å². The Bertz CT molecular complexity index is 566. The molecule has 1 unspecified atom stereocenters. The molecule has 1 aromatic carbocycles. The average Bonchev–Trinajstić information content (AvgIpc) is 2.58. The minimum absolute atomic E-state index is 0. The molecule has 1 aliphatic rings. The summed E-state index contributed by atoms with van der Waals surface area (Å²) >= 11 is 0. The van der Waals surface area contributed by atoms with Crippen molar-refractivity contribution in [3.63, 3.8) is 0 Å². The van der Waals surface area contributed by atoms with Gasteiger partial charge >= 0.3 is 41.2 Å². The molecule has 0 aromatic heterocycles. The molecule has 0 aliphatic heterocycles. The van der Waals surface area contributed by atoms with E-state index in [1.165, 1.54) is 43.8 Å². The fourth-order valence-corrected chi connectivity index (χ4v) is 5.06. The summed E-state index contributed by atoms with van der Waals surface area (Å²) in [5, 5.41) is 0. The number of ether oxygens (including phenoxy) is 1. The molecule has 0 bridgehead atoms. The molecule has 0 saturated heterocycles. The fraction of sp³-hybridized carbons (Fsp3) is 0.600. The molecule has 1 atom stereocenters. The summed E-state index contributed by atoms with van der Waals surface area (Å²) in [5.74, 6) is 1.07. The summed E-state index contributed by atoms with van der Waals surface area (Å²) in [7, 11) is -16.1. The predicted molar refractivity (Wildman–Crippen MR) is 107 cm³/mol. The topological polar surface area (TPSA) is 9.23 Å². The molecular weight excluding hydrogens is 590 g/mol. The predicted octanol–water partition coefficient (Wildman–Crippen LogP) is 8.54. The number of methoxy groups -OCH3 is 1. The maximum Gasteiger partial charge on any atom is 3.00 e. The second kappa shape index (κ2) is 17.8. The van der Waals surface area contributed by atoms with E-state index in [1.54, 1.807) is 7.11 Å². The van der Waals surface area contributed by atoms with Gasteiger partial charge in [-0.2, -0.15) is 0 Å². The molecule has 0 amide bonds. The molecule has 33 heavy (non-hydrogen) atoms. The van der Waals surface area contributed by atoms with Crippen LogP contribution in [0.15, 0.2) is 24.3 Å². The molecule has 1 fully saturated rings. The van der Waals surface area contributed by atoms with Crippen molar-refractivity contribution in [2.75, 3.05) is 13.8 Å². The molecular formula is C15H23B3F12OPRh. The molecule has 1 nitrogen and oxygen atoms in total. The van der Waals surface area contributed by atoms with Crippen LogP contribution in [0.1, 0.15) is 37.7 Å². The molecule has 2 rings (SSSR count). The van der Waals surface area contributed by atoms with E-state index in [0.29, 0.717) is 0 Å². The van der Waals surface area contributed by atoms with E-state index in [-0.39, 0.29) is 27.4 Å². The Morgan fingerprint density at radius 2 is 1.12 bits per heavy atom. The minimum Gasteiger partial charge on any atom is -0.496 e. The van der Waals surface area contributed by atoms with Gasteiger partial charge in [-0.1, -0.05) is 37.5 Å². The van der Waals surface area contributed by atoms with Gasteiger partial charge in [-0.25, -0.2) is 0 Å². The molecule has 0 radical (unpaired) electrons. The van der Waals surface area contributed by atoms with Crippen molar-refractivity contribution in [3.05, 3.63) is 29.8 Å². The van der Waals surface area contributed by atoms with Crippen LogP contribution in [0.4, 0.5) is 51.8 Å². The van der Waals surface area contributed by atoms with E-state index in [9.17, 15) is 51.8 Å². The first kappa shape index (κ1) is 37.0. The zero-order valence-electron chi connectivity index (χ0n) is 17.6. The van der Waals surface area contributed by atoms with Crippen molar-refractivity contribution in [1.29, 1.82) is 0 Å². The molecule has 0 spiro atoms. The van der Waals surface area contributed by atoms with Crippen molar-refractivity contribution in [2.24, 2.45) is 0 Å². The number of rotatable bonds is 4. The second-order valence-corrected chi connectivity index (χ2v) is 9.06. The third kappa shape index (κ3) is 33.7. The van der Waals surface area contributed by atoms with Gasteiger partial charge < -0.3 is 56.5 Å². The molecule has 196 valence electrons. The van der Waals surface area contributed by atoms with Crippen molar-refractivity contribution in [2.45, 2.75) is 43.9 Å². The minimum atomic E-state index is -6.00. The maximum atomic E-state index is 9.75. The fourth-order valence-electron chi connectivity index (χ4n) is 2.75. The number of benzene rings is 1. The summed E-state index contributed by atoms with van der Waals surface area (Å²) < 4.78 is 122. The number of hydrogen-bond donors (Lipinski definition) is 0. The van der Waals surface area contributed by atoms with Crippen LogP contribution < -0.4 is 4.74 Å². The summed E-state index contributed by atoms with van der Waals surface area (Å²) in [6, 6.07) is 8.49. The Labute approximate surface area is 199 Å². The Hall–Kier alpha value is -0.572. The summed E-state index contributed by atoms with van der Waals surface area (Å²) in [4.78, 5) is 0. The molecule has 0 N–H and O–H groups in total. The number of halogens is 12. The number of para-hydroxylation sites is 1. The van der Waals surface area contributed by atoms with Crippen LogP contribution in [0, 0.1) is 0 Å². The van der Waals surface area contributed by atoms with Crippen LogP contribution in [0.3, 0.4) is 0 Å². The molecule has 1 aliphatic carbocycles. The number of hydrogen-bond acceptors (Lipinski definition) is 1. The van der Waals surface area contributed by atoms with E-state index in [1.807, 2.05) is 0 Å². The van der Waals surface area contributed by atoms with Gasteiger partial charge in [0.15, 0.2) is 0 Å². The van der Waals surface area contributed by atoms with Crippen LogP contribution in [-0.2, 0) is 25.6 Å². The van der Waals surface area contributed by atoms with E-state index in [0.717, 1.165) is 11.4 Å². The second-order valence-electron chi connectivity index (χ2n) is 6.50. The van der Waals surface area contributed by atoms with Crippen molar-refractivity contribution < 1.29 is 76.0 Å². The average molecular weight is 614 g/mol. The molecule has 18 heteroatoms. The summed E-state index contributed by atoms with van der Waals surface area (Å²) in [5.41, 5.74) is 2.39. The van der Waals surface area contributed by atoms with Gasteiger partial charge in [-0.05, 0) is 43.0 Å². The largest absolute Gasteiger partial charge is 3.00 e. The normalized spacial score (nSPS) is 15.2. The van der Waals surface area contributed by atoms with Crippen molar-refractivity contribution in [1.82, 2.24) is 0 Å². The standard InChI is InChI=1S/C15H23OP.3BF4.Rh/c1-16-15-11-7-6-8-13(15)12-17(2)14-9-4-3-5-10-14;3*2-1(3,4)5;/h6-8,11,14H,3-5,9-10,12H2,1-2H3;;;;/q;3*-1;+3. The van der Waals surface area contributed by atoms with Crippen LogP contribution in [0.2, 0.25) is 0 Å². The van der Waals surface area contributed by atoms with Crippen LogP contribution >= 0.6 is 7.92 Å². The third-order valence-corrected chi connectivity index (χ3v) is 6.41. The Kier molecular flexibility index (Phi) is 20.0. The summed E-state index contributed by atoms with van der Waals surface area (Å²) in [6.07, 6.45) is 8.49. The Balaban J connectivity index is -0.000000466. The van der Waals surface area contributed by atoms with Gasteiger partial charge in [0.1, 0.15) is 5.75 Å². The van der Waals surface area contributed by atoms with Gasteiger partial charge in [0.25, 0.3) is 0 Å². The van der Waals surface area contributed by atoms with Crippen LogP contribution in [0.5, 0.6) is 5.75 Å². The first-order valence-electron chi connectivity index (χ1n) is 9.25. The summed E-state index contributed by atoms with van der Waals surface area (Å²) in [6.45, 7) is 2.47. The zero-order chi connectivity index (χ0) is 25.6. The SMILES string of the molecule is COc1ccccc1CP(C)C1CCCCC1.F[B-](F)(F)F.F[B-](F)(F)F.F[B-](F)(F)F.[Rh+3]. The first-order chi connectivity index (χ1) is 14.3. The molecule has 0 heterocycles. The Morgan fingerprint density at radius 3 is 1.48 bits per heavy atom. The Morgan fingerprint density at radius 1 is 0.758 bits per heavy atom. The van der Waals surface area contributed by atoms with Crippen LogP contribution in [0.25, 0.3) is 0 Å². The van der Waals surface area contributed by atoms with Gasteiger partial charge in [-0.15, -0.1) is 7.92 Å².